The lowest BCUT2D eigenvalue weighted by atomic mass is 10.0. The summed E-state index contributed by atoms with van der Waals surface area (Å²) in [6.07, 6.45) is 2.26. The molecule has 1 fully saturated rings. The number of nitrogens with two attached hydrogens (primary N) is 2. The van der Waals surface area contributed by atoms with Gasteiger partial charge in [0.15, 0.2) is 5.96 Å². The third-order valence-corrected chi connectivity index (χ3v) is 5.06. The summed E-state index contributed by atoms with van der Waals surface area (Å²) in [5.41, 5.74) is 10.5. The lowest BCUT2D eigenvalue weighted by molar-refractivity contribution is -0.134. The molecule has 12 heteroatoms. The number of Topliss-reactive ketones (excluding diaryl/α,β-unsaturated/α-hetero) is 1. The highest BCUT2D eigenvalue weighted by Gasteiger charge is 2.39. The fourth-order valence-electron chi connectivity index (χ4n) is 3.31. The number of imide groups is 1. The van der Waals surface area contributed by atoms with Gasteiger partial charge in [-0.3, -0.25) is 29.1 Å². The lowest BCUT2D eigenvalue weighted by Crippen LogP contribution is -2.52. The largest absolute Gasteiger partial charge is 0.370 e. The Morgan fingerprint density at radius 2 is 1.79 bits per heavy atom. The van der Waals surface area contributed by atoms with Gasteiger partial charge >= 0.3 is 6.03 Å². The molecule has 1 aliphatic rings. The number of amides is 5. The van der Waals surface area contributed by atoms with Gasteiger partial charge in [-0.2, -0.15) is 0 Å². The van der Waals surface area contributed by atoms with Crippen molar-refractivity contribution in [3.05, 3.63) is 0 Å². The van der Waals surface area contributed by atoms with E-state index in [4.69, 9.17) is 11.5 Å². The van der Waals surface area contributed by atoms with Gasteiger partial charge in [0.25, 0.3) is 5.91 Å². The smallest absolute Gasteiger partial charge is 0.325 e. The molecule has 1 aliphatic heterocycles. The van der Waals surface area contributed by atoms with Crippen molar-refractivity contribution in [3.63, 3.8) is 0 Å². The molecule has 33 heavy (non-hydrogen) atoms. The molecule has 1 heterocycles. The van der Waals surface area contributed by atoms with E-state index in [9.17, 15) is 24.0 Å². The Kier molecular flexibility index (Phi) is 11.3. The first-order valence-corrected chi connectivity index (χ1v) is 11.2. The topological polar surface area (TPSA) is 189 Å². The van der Waals surface area contributed by atoms with Crippen molar-refractivity contribution in [1.82, 2.24) is 20.9 Å². The third kappa shape index (κ3) is 10.3. The van der Waals surface area contributed by atoms with Crippen molar-refractivity contribution < 1.29 is 24.0 Å². The van der Waals surface area contributed by atoms with Crippen molar-refractivity contribution in [2.45, 2.75) is 77.9 Å². The number of urea groups is 1. The molecule has 1 unspecified atom stereocenters. The maximum absolute atomic E-state index is 12.6. The summed E-state index contributed by atoms with van der Waals surface area (Å²) in [6.45, 7) is 7.08. The van der Waals surface area contributed by atoms with Crippen LogP contribution in [0.1, 0.15) is 59.8 Å². The highest BCUT2D eigenvalue weighted by molar-refractivity contribution is 6.06. The number of hydrogen-bond donors (Lipinski definition) is 5. The number of nitrogens with one attached hydrogen (secondary N) is 3. The molecule has 186 valence electrons. The molecule has 1 rings (SSSR count). The lowest BCUT2D eigenvalue weighted by Gasteiger charge is -2.22. The molecule has 0 spiro atoms. The number of guanidine groups is 1. The summed E-state index contributed by atoms with van der Waals surface area (Å²) in [5.74, 6) is -1.60. The summed E-state index contributed by atoms with van der Waals surface area (Å²) >= 11 is 0. The Labute approximate surface area is 194 Å². The van der Waals surface area contributed by atoms with Crippen molar-refractivity contribution in [1.29, 1.82) is 0 Å². The van der Waals surface area contributed by atoms with Crippen LogP contribution in [-0.2, 0) is 19.2 Å². The van der Waals surface area contributed by atoms with Crippen LogP contribution in [0.2, 0.25) is 0 Å². The fourth-order valence-corrected chi connectivity index (χ4v) is 3.31. The highest BCUT2D eigenvalue weighted by atomic mass is 16.2. The number of ketones is 1. The predicted molar refractivity (Wildman–Crippen MR) is 123 cm³/mol. The third-order valence-electron chi connectivity index (χ3n) is 5.06. The van der Waals surface area contributed by atoms with E-state index >= 15 is 0 Å². The van der Waals surface area contributed by atoms with Gasteiger partial charge in [0.05, 0.1) is 0 Å². The van der Waals surface area contributed by atoms with Crippen LogP contribution in [0, 0.1) is 5.92 Å². The normalized spacial score (nSPS) is 17.4. The molecule has 0 bridgehead atoms. The number of hydrogen-bond acceptors (Lipinski definition) is 6. The molecule has 0 aromatic heterocycles. The van der Waals surface area contributed by atoms with Gasteiger partial charge in [-0.05, 0) is 45.4 Å². The zero-order chi connectivity index (χ0) is 25.1. The zero-order valence-corrected chi connectivity index (χ0v) is 19.8. The van der Waals surface area contributed by atoms with Gasteiger partial charge in [0.2, 0.25) is 11.8 Å². The van der Waals surface area contributed by atoms with Gasteiger partial charge in [0.1, 0.15) is 24.4 Å². The SMILES string of the molecule is CC(=O)C[C@H](NC(=O)CN1C(=O)N[C@@H](CCCN=C(N)N)C1=O)C(=O)NC(C)CCC(C)C. The first-order chi connectivity index (χ1) is 15.4. The van der Waals surface area contributed by atoms with E-state index in [2.05, 4.69) is 34.8 Å². The molecule has 0 radical (unpaired) electrons. The average Bonchev–Trinajstić information content (AvgIpc) is 2.96. The second kappa shape index (κ2) is 13.4. The molecule has 3 atom stereocenters. The number of rotatable bonds is 14. The number of aliphatic imine (C=N–C) groups is 1. The molecule has 7 N–H and O–H groups in total. The van der Waals surface area contributed by atoms with Gasteiger partial charge < -0.3 is 27.4 Å². The molecule has 12 nitrogen and oxygen atoms in total. The van der Waals surface area contributed by atoms with Crippen LogP contribution >= 0.6 is 0 Å². The van der Waals surface area contributed by atoms with Crippen LogP contribution in [0.5, 0.6) is 0 Å². The van der Waals surface area contributed by atoms with Crippen molar-refractivity contribution in [2.75, 3.05) is 13.1 Å². The summed E-state index contributed by atoms with van der Waals surface area (Å²) in [7, 11) is 0. The maximum atomic E-state index is 12.6. The van der Waals surface area contributed by atoms with Crippen LogP contribution in [0.3, 0.4) is 0 Å². The highest BCUT2D eigenvalue weighted by Crippen LogP contribution is 2.11. The van der Waals surface area contributed by atoms with Gasteiger partial charge in [0, 0.05) is 19.0 Å². The molecule has 5 amide bonds. The van der Waals surface area contributed by atoms with Crippen LogP contribution in [0.25, 0.3) is 0 Å². The van der Waals surface area contributed by atoms with E-state index < -0.39 is 42.4 Å². The first-order valence-electron chi connectivity index (χ1n) is 11.2. The maximum Gasteiger partial charge on any atom is 0.325 e. The summed E-state index contributed by atoms with van der Waals surface area (Å²) in [4.78, 5) is 66.0. The molecule has 0 aliphatic carbocycles. The Morgan fingerprint density at radius 3 is 2.36 bits per heavy atom. The second-order valence-corrected chi connectivity index (χ2v) is 8.78. The molecular formula is C21H37N7O5. The van der Waals surface area contributed by atoms with Crippen molar-refractivity contribution in [3.8, 4) is 0 Å². The van der Waals surface area contributed by atoms with Crippen LogP contribution < -0.4 is 27.4 Å². The summed E-state index contributed by atoms with van der Waals surface area (Å²) in [6, 6.07) is -2.70. The quantitative estimate of drug-likeness (QED) is 0.0971. The first kappa shape index (κ1) is 27.9. The van der Waals surface area contributed by atoms with Gasteiger partial charge in [-0.25, -0.2) is 4.79 Å². The monoisotopic (exact) mass is 467 g/mol. The Bertz CT molecular complexity index is 764. The van der Waals surface area contributed by atoms with E-state index in [0.29, 0.717) is 25.3 Å². The van der Waals surface area contributed by atoms with E-state index in [0.717, 1.165) is 17.7 Å². The average molecular weight is 468 g/mol. The van der Waals surface area contributed by atoms with E-state index in [-0.39, 0.29) is 24.2 Å². The minimum atomic E-state index is -1.09. The molecular weight excluding hydrogens is 430 g/mol. The van der Waals surface area contributed by atoms with Crippen LogP contribution in [0.15, 0.2) is 4.99 Å². The Balaban J connectivity index is 2.66. The minimum absolute atomic E-state index is 0.0615. The van der Waals surface area contributed by atoms with E-state index in [1.807, 2.05) is 6.92 Å². The minimum Gasteiger partial charge on any atom is -0.370 e. The second-order valence-electron chi connectivity index (χ2n) is 8.78. The molecule has 0 aromatic rings. The van der Waals surface area contributed by atoms with Crippen molar-refractivity contribution >= 4 is 35.5 Å². The van der Waals surface area contributed by atoms with E-state index in [1.165, 1.54) is 6.92 Å². The van der Waals surface area contributed by atoms with E-state index in [1.54, 1.807) is 0 Å². The van der Waals surface area contributed by atoms with Gasteiger partial charge in [-0.15, -0.1) is 0 Å². The molecule has 0 aromatic carbocycles. The zero-order valence-electron chi connectivity index (χ0n) is 19.8. The molecule has 1 saturated heterocycles. The summed E-state index contributed by atoms with van der Waals surface area (Å²) in [5, 5.41) is 7.80. The summed E-state index contributed by atoms with van der Waals surface area (Å²) < 4.78 is 0. The fraction of sp³-hybridized carbons (Fsp3) is 0.714. The number of carbonyl (C=O) groups is 5. The Morgan fingerprint density at radius 1 is 1.12 bits per heavy atom. The van der Waals surface area contributed by atoms with Crippen molar-refractivity contribution in [2.24, 2.45) is 22.4 Å². The standard InChI is InChI=1S/C21H37N7O5/c1-12(2)7-8-13(3)25-18(31)16(10-14(4)29)26-17(30)11-28-19(32)15(27-21(28)33)6-5-9-24-20(22)23/h12-13,15-16H,5-11H2,1-4H3,(H,25,31)(H,26,30)(H,27,33)(H4,22,23,24)/t13?,15-,16-/m0/s1. The number of nitrogens with zero attached hydrogens (tertiary/aromatic N) is 2. The predicted octanol–water partition coefficient (Wildman–Crippen LogP) is -0.635. The van der Waals surface area contributed by atoms with Crippen LogP contribution in [-0.4, -0.2) is 71.6 Å². The Hall–Kier alpha value is -3.18. The van der Waals surface area contributed by atoms with Crippen LogP contribution in [0.4, 0.5) is 4.79 Å². The molecule has 0 saturated carbocycles. The van der Waals surface area contributed by atoms with Gasteiger partial charge in [-0.1, -0.05) is 13.8 Å². The number of carbonyl (C=O) groups excluding carboxylic acids is 5.